The van der Waals surface area contributed by atoms with Crippen molar-refractivity contribution in [2.24, 2.45) is 0 Å². The number of carbonyl (C=O) groups excluding carboxylic acids is 2. The van der Waals surface area contributed by atoms with Crippen molar-refractivity contribution in [1.29, 1.82) is 0 Å². The molecule has 15 heteroatoms. The van der Waals surface area contributed by atoms with Gasteiger partial charge in [0.2, 0.25) is 17.7 Å². The minimum absolute atomic E-state index is 0.0155. The van der Waals surface area contributed by atoms with Gasteiger partial charge in [-0.05, 0) is 25.3 Å². The molecule has 0 fully saturated rings. The average Bonchev–Trinajstić information content (AvgIpc) is 3.25. The molecule has 0 aliphatic heterocycles. The van der Waals surface area contributed by atoms with Crippen molar-refractivity contribution in [2.45, 2.75) is 18.9 Å². The zero-order valence-corrected chi connectivity index (χ0v) is 21.6. The number of carbonyl (C=O) groups is 2. The van der Waals surface area contributed by atoms with E-state index in [-0.39, 0.29) is 41.4 Å². The Hall–Kier alpha value is -4.79. The van der Waals surface area contributed by atoms with Crippen LogP contribution in [0.3, 0.4) is 0 Å². The Bertz CT molecular complexity index is 1610. The van der Waals surface area contributed by atoms with Crippen molar-refractivity contribution in [3.63, 3.8) is 0 Å². The molecule has 0 radical (unpaired) electrons. The Labute approximate surface area is 217 Å². The Balaban J connectivity index is 1.80. The fraction of sp³-hybridized carbons (Fsp3) is 0.217. The van der Waals surface area contributed by atoms with Gasteiger partial charge in [-0.25, -0.2) is 24.0 Å². The van der Waals surface area contributed by atoms with Crippen LogP contribution in [0.25, 0.3) is 16.6 Å². The Morgan fingerprint density at radius 3 is 2.39 bits per heavy atom. The number of benzene rings is 1. The van der Waals surface area contributed by atoms with E-state index < -0.39 is 27.0 Å². The predicted octanol–water partition coefficient (Wildman–Crippen LogP) is 2.22. The van der Waals surface area contributed by atoms with E-state index in [1.807, 2.05) is 16.9 Å². The molecule has 0 atom stereocenters. The van der Waals surface area contributed by atoms with Gasteiger partial charge in [-0.15, -0.1) is 0 Å². The molecule has 0 spiro atoms. The summed E-state index contributed by atoms with van der Waals surface area (Å²) in [6.45, 7) is 3.01. The minimum atomic E-state index is -4.75. The first-order valence-electron chi connectivity index (χ1n) is 11.1. The van der Waals surface area contributed by atoms with Gasteiger partial charge in [0.25, 0.3) is 10.0 Å². The number of urea groups is 1. The fourth-order valence-corrected chi connectivity index (χ4v) is 4.82. The average molecular weight is 542 g/mol. The molecule has 0 aliphatic carbocycles. The van der Waals surface area contributed by atoms with Crippen molar-refractivity contribution in [3.8, 4) is 17.6 Å². The Morgan fingerprint density at radius 1 is 1.05 bits per heavy atom. The van der Waals surface area contributed by atoms with Gasteiger partial charge < -0.3 is 14.2 Å². The number of ether oxygens (including phenoxy) is 3. The van der Waals surface area contributed by atoms with Crippen molar-refractivity contribution >= 4 is 38.7 Å². The summed E-state index contributed by atoms with van der Waals surface area (Å²) in [5.41, 5.74) is -0.291. The van der Waals surface area contributed by atoms with E-state index in [1.54, 1.807) is 25.1 Å². The molecular weight excluding hydrogens is 518 g/mol. The number of hydrogen-bond acceptors (Lipinski definition) is 11. The van der Waals surface area contributed by atoms with E-state index in [4.69, 9.17) is 14.2 Å². The molecule has 3 heterocycles. The number of aromatic nitrogens is 5. The number of nitrogens with zero attached hydrogens (tertiary/aromatic N) is 5. The highest BCUT2D eigenvalue weighted by molar-refractivity contribution is 7.90. The second-order valence-corrected chi connectivity index (χ2v) is 9.19. The maximum absolute atomic E-state index is 13.6. The van der Waals surface area contributed by atoms with Crippen LogP contribution in [-0.4, -0.2) is 66.0 Å². The smallest absolute Gasteiger partial charge is 0.343 e. The highest BCUT2D eigenvalue weighted by Gasteiger charge is 2.35. The third kappa shape index (κ3) is 5.17. The summed E-state index contributed by atoms with van der Waals surface area (Å²) in [7, 11) is -2.06. The van der Waals surface area contributed by atoms with Gasteiger partial charge in [0, 0.05) is 11.6 Å². The number of esters is 1. The molecule has 0 saturated carbocycles. The van der Waals surface area contributed by atoms with E-state index in [0.717, 1.165) is 10.1 Å². The molecule has 0 bridgehead atoms. The summed E-state index contributed by atoms with van der Waals surface area (Å²) < 4.78 is 45.2. The summed E-state index contributed by atoms with van der Waals surface area (Å²) in [4.78, 5) is 37.7. The van der Waals surface area contributed by atoms with E-state index >= 15 is 0 Å². The number of pyridine rings is 1. The largest absolute Gasteiger partial charge is 0.481 e. The van der Waals surface area contributed by atoms with Crippen LogP contribution in [0.1, 0.15) is 23.0 Å². The SMILES string of the molecule is CCOC(=O)c1c(C)nn(-c2nccc3ccccc23)c1S(=O)(=O)NC(=O)Nc1nc(OC)cc(OC)n1. The standard InChI is InChI=1S/C23H23N7O7S/c1-5-37-21(31)18-13(2)28-30(19-15-9-7-6-8-14(15)10-11-24-19)20(18)38(33,34)29-23(32)27-22-25-16(35-3)12-17(26-22)36-4/h6-12H,5H2,1-4H3,(H2,25,26,27,29,32). The predicted molar refractivity (Wildman–Crippen MR) is 134 cm³/mol. The fourth-order valence-electron chi connectivity index (χ4n) is 3.57. The van der Waals surface area contributed by atoms with Gasteiger partial charge in [0.05, 0.1) is 32.6 Å². The number of rotatable bonds is 8. The van der Waals surface area contributed by atoms with Crippen molar-refractivity contribution < 1.29 is 32.2 Å². The first kappa shape index (κ1) is 26.3. The number of amides is 2. The third-order valence-electron chi connectivity index (χ3n) is 5.16. The van der Waals surface area contributed by atoms with Crippen LogP contribution in [0.15, 0.2) is 47.6 Å². The molecule has 38 heavy (non-hydrogen) atoms. The number of sulfonamides is 1. The molecule has 198 valence electrons. The number of hydrogen-bond donors (Lipinski definition) is 2. The lowest BCUT2D eigenvalue weighted by molar-refractivity contribution is 0.0520. The molecule has 0 saturated heterocycles. The number of nitrogens with one attached hydrogen (secondary N) is 2. The Morgan fingerprint density at radius 2 is 1.74 bits per heavy atom. The van der Waals surface area contributed by atoms with Gasteiger partial charge in [0.1, 0.15) is 5.56 Å². The minimum Gasteiger partial charge on any atom is -0.481 e. The molecule has 2 amide bonds. The summed E-state index contributed by atoms with van der Waals surface area (Å²) >= 11 is 0. The molecule has 4 aromatic rings. The number of methoxy groups -OCH3 is 2. The molecule has 0 aliphatic rings. The zero-order valence-electron chi connectivity index (χ0n) is 20.8. The van der Waals surface area contributed by atoms with Crippen LogP contribution in [0.2, 0.25) is 0 Å². The number of aryl methyl sites for hydroxylation is 1. The second-order valence-electron chi connectivity index (χ2n) is 7.59. The van der Waals surface area contributed by atoms with Gasteiger partial charge >= 0.3 is 12.0 Å². The monoisotopic (exact) mass is 541 g/mol. The van der Waals surface area contributed by atoms with Crippen molar-refractivity contribution in [2.75, 3.05) is 26.1 Å². The first-order chi connectivity index (χ1) is 18.2. The second kappa shape index (κ2) is 10.7. The van der Waals surface area contributed by atoms with Gasteiger partial charge in [0.15, 0.2) is 10.8 Å². The summed E-state index contributed by atoms with van der Waals surface area (Å²) in [6.07, 6.45) is 1.47. The molecule has 0 unspecified atom stereocenters. The summed E-state index contributed by atoms with van der Waals surface area (Å²) in [5, 5.41) is 7.18. The van der Waals surface area contributed by atoms with E-state index in [9.17, 15) is 18.0 Å². The van der Waals surface area contributed by atoms with Crippen molar-refractivity contribution in [1.82, 2.24) is 29.5 Å². The maximum Gasteiger partial charge on any atom is 0.343 e. The van der Waals surface area contributed by atoms with Crippen LogP contribution < -0.4 is 19.5 Å². The lowest BCUT2D eigenvalue weighted by Gasteiger charge is -2.13. The van der Waals surface area contributed by atoms with Crippen molar-refractivity contribution in [3.05, 3.63) is 53.9 Å². The highest BCUT2D eigenvalue weighted by atomic mass is 32.2. The van der Waals surface area contributed by atoms with Gasteiger partial charge in [-0.2, -0.15) is 23.5 Å². The van der Waals surface area contributed by atoms with Gasteiger partial charge in [-0.3, -0.25) is 5.32 Å². The number of fused-ring (bicyclic) bond motifs is 1. The third-order valence-corrected chi connectivity index (χ3v) is 6.50. The molecule has 2 N–H and O–H groups in total. The van der Waals surface area contributed by atoms with Crippen LogP contribution in [0.5, 0.6) is 11.8 Å². The van der Waals surface area contributed by atoms with Crippen LogP contribution in [0, 0.1) is 6.92 Å². The molecule has 14 nitrogen and oxygen atoms in total. The zero-order chi connectivity index (χ0) is 27.4. The molecule has 3 aromatic heterocycles. The topological polar surface area (TPSA) is 177 Å². The maximum atomic E-state index is 13.6. The highest BCUT2D eigenvalue weighted by Crippen LogP contribution is 2.27. The van der Waals surface area contributed by atoms with E-state index in [0.29, 0.717) is 5.39 Å². The lowest BCUT2D eigenvalue weighted by Crippen LogP contribution is -2.36. The first-order valence-corrected chi connectivity index (χ1v) is 12.6. The quantitative estimate of drug-likeness (QED) is 0.313. The number of anilines is 1. The van der Waals surface area contributed by atoms with Gasteiger partial charge in [-0.1, -0.05) is 24.3 Å². The molecule has 1 aromatic carbocycles. The van der Waals surface area contributed by atoms with E-state index in [1.165, 1.54) is 33.4 Å². The summed E-state index contributed by atoms with van der Waals surface area (Å²) in [6, 6.07) is 8.98. The normalized spacial score (nSPS) is 11.2. The lowest BCUT2D eigenvalue weighted by atomic mass is 10.1. The van der Waals surface area contributed by atoms with Crippen LogP contribution in [-0.2, 0) is 14.8 Å². The molecule has 4 rings (SSSR count). The Kier molecular flexibility index (Phi) is 7.38. The van der Waals surface area contributed by atoms with Crippen LogP contribution in [0.4, 0.5) is 10.7 Å². The summed E-state index contributed by atoms with van der Waals surface area (Å²) in [5.74, 6) is -0.966. The van der Waals surface area contributed by atoms with Crippen LogP contribution >= 0.6 is 0 Å². The van der Waals surface area contributed by atoms with E-state index in [2.05, 4.69) is 25.4 Å². The molecular formula is C23H23N7O7S.